The lowest BCUT2D eigenvalue weighted by molar-refractivity contribution is -0.113. The zero-order valence-electron chi connectivity index (χ0n) is 16.4. The lowest BCUT2D eigenvalue weighted by atomic mass is 10.2. The zero-order valence-corrected chi connectivity index (χ0v) is 18.0. The maximum atomic E-state index is 12.9. The molecule has 0 aliphatic rings. The minimum atomic E-state index is -0.141. The van der Waals surface area contributed by atoms with Gasteiger partial charge in [0.15, 0.2) is 5.16 Å². The number of fused-ring (bicyclic) bond motifs is 1. The van der Waals surface area contributed by atoms with Crippen molar-refractivity contribution in [2.45, 2.75) is 23.0 Å². The first-order chi connectivity index (χ1) is 14.1. The van der Waals surface area contributed by atoms with Crippen molar-refractivity contribution >= 4 is 46.0 Å². The number of aromatic nitrogens is 2. The summed E-state index contributed by atoms with van der Waals surface area (Å²) in [6.07, 6.45) is 2.70. The first-order valence-electron chi connectivity index (χ1n) is 9.17. The Kier molecular flexibility index (Phi) is 7.74. The predicted octanol–water partition coefficient (Wildman–Crippen LogP) is 3.89. The van der Waals surface area contributed by atoms with Gasteiger partial charge < -0.3 is 10.1 Å². The van der Waals surface area contributed by atoms with Crippen molar-refractivity contribution < 1.29 is 9.53 Å². The number of methoxy groups -OCH3 is 1. The Morgan fingerprint density at radius 1 is 1.17 bits per heavy atom. The Balaban J connectivity index is 1.75. The van der Waals surface area contributed by atoms with Crippen molar-refractivity contribution in [2.24, 2.45) is 0 Å². The van der Waals surface area contributed by atoms with Crippen LogP contribution in [-0.4, -0.2) is 41.2 Å². The second-order valence-electron chi connectivity index (χ2n) is 6.28. The van der Waals surface area contributed by atoms with Crippen molar-refractivity contribution in [3.63, 3.8) is 0 Å². The summed E-state index contributed by atoms with van der Waals surface area (Å²) < 4.78 is 6.74. The van der Waals surface area contributed by atoms with Gasteiger partial charge in [-0.3, -0.25) is 14.2 Å². The van der Waals surface area contributed by atoms with E-state index in [1.54, 1.807) is 29.5 Å². The summed E-state index contributed by atoms with van der Waals surface area (Å²) in [4.78, 5) is 31.0. The van der Waals surface area contributed by atoms with Gasteiger partial charge >= 0.3 is 0 Å². The fourth-order valence-corrected chi connectivity index (χ4v) is 4.06. The lowest BCUT2D eigenvalue weighted by Gasteiger charge is -2.13. The summed E-state index contributed by atoms with van der Waals surface area (Å²) in [5.74, 6) is 0.0250. The molecule has 1 amide bonds. The largest absolute Gasteiger partial charge is 0.385 e. The molecular formula is C21H23N3O3S2. The molecule has 0 saturated heterocycles. The average molecular weight is 430 g/mol. The smallest absolute Gasteiger partial charge is 0.262 e. The van der Waals surface area contributed by atoms with Crippen LogP contribution < -0.4 is 10.9 Å². The third-order valence-corrected chi connectivity index (χ3v) is 5.98. The highest BCUT2D eigenvalue weighted by atomic mass is 32.2. The molecule has 0 spiro atoms. The molecule has 0 bridgehead atoms. The Morgan fingerprint density at radius 2 is 1.93 bits per heavy atom. The van der Waals surface area contributed by atoms with E-state index in [0.29, 0.717) is 35.6 Å². The van der Waals surface area contributed by atoms with E-state index in [2.05, 4.69) is 10.3 Å². The maximum absolute atomic E-state index is 12.9. The highest BCUT2D eigenvalue weighted by Crippen LogP contribution is 2.20. The highest BCUT2D eigenvalue weighted by molar-refractivity contribution is 7.99. The molecule has 0 saturated carbocycles. The summed E-state index contributed by atoms with van der Waals surface area (Å²) in [7, 11) is 1.63. The molecule has 0 atom stereocenters. The van der Waals surface area contributed by atoms with Crippen molar-refractivity contribution in [3.05, 3.63) is 58.9 Å². The molecule has 152 valence electrons. The van der Waals surface area contributed by atoms with Gasteiger partial charge in [-0.2, -0.15) is 0 Å². The standard InChI is InChI=1S/C21H23N3O3S2/c1-27-13-5-12-24-20(26)17-6-3-4-7-18(17)23-21(24)29-14-19(25)22-15-8-10-16(28-2)11-9-15/h3-4,6-11H,5,12-14H2,1-2H3,(H,22,25). The molecular weight excluding hydrogens is 406 g/mol. The van der Waals surface area contributed by atoms with Gasteiger partial charge in [-0.05, 0) is 49.1 Å². The second-order valence-corrected chi connectivity index (χ2v) is 8.10. The molecule has 3 aromatic rings. The average Bonchev–Trinajstić information content (AvgIpc) is 2.74. The topological polar surface area (TPSA) is 73.2 Å². The minimum absolute atomic E-state index is 0.0951. The molecule has 29 heavy (non-hydrogen) atoms. The van der Waals surface area contributed by atoms with Crippen LogP contribution in [0.2, 0.25) is 0 Å². The summed E-state index contributed by atoms with van der Waals surface area (Å²) in [5.41, 5.74) is 1.29. The van der Waals surface area contributed by atoms with Gasteiger partial charge in [0.2, 0.25) is 5.91 Å². The number of nitrogens with zero attached hydrogens (tertiary/aromatic N) is 2. The number of hydrogen-bond donors (Lipinski definition) is 1. The van der Waals surface area contributed by atoms with Crippen LogP contribution in [0.3, 0.4) is 0 Å². The van der Waals surface area contributed by atoms with Gasteiger partial charge in [-0.15, -0.1) is 11.8 Å². The Bertz CT molecular complexity index is 1040. The van der Waals surface area contributed by atoms with E-state index >= 15 is 0 Å². The van der Waals surface area contributed by atoms with Crippen LogP contribution >= 0.6 is 23.5 Å². The van der Waals surface area contributed by atoms with Crippen molar-refractivity contribution in [1.29, 1.82) is 0 Å². The van der Waals surface area contributed by atoms with Crippen molar-refractivity contribution in [3.8, 4) is 0 Å². The number of para-hydroxylation sites is 1. The van der Waals surface area contributed by atoms with Crippen molar-refractivity contribution in [2.75, 3.05) is 31.0 Å². The van der Waals surface area contributed by atoms with Gasteiger partial charge in [0.1, 0.15) is 0 Å². The molecule has 0 aliphatic carbocycles. The molecule has 1 aromatic heterocycles. The molecule has 0 aliphatic heterocycles. The number of hydrogen-bond acceptors (Lipinski definition) is 6. The van der Waals surface area contributed by atoms with Gasteiger partial charge in [0.25, 0.3) is 5.56 Å². The van der Waals surface area contributed by atoms with Crippen LogP contribution in [0.5, 0.6) is 0 Å². The number of amides is 1. The van der Waals surface area contributed by atoms with Crippen LogP contribution in [0.25, 0.3) is 10.9 Å². The molecule has 1 heterocycles. The van der Waals surface area contributed by atoms with E-state index in [-0.39, 0.29) is 17.2 Å². The fourth-order valence-electron chi connectivity index (χ4n) is 2.82. The van der Waals surface area contributed by atoms with Gasteiger partial charge in [0, 0.05) is 30.8 Å². The predicted molar refractivity (Wildman–Crippen MR) is 120 cm³/mol. The molecule has 0 radical (unpaired) electrons. The minimum Gasteiger partial charge on any atom is -0.385 e. The molecule has 1 N–H and O–H groups in total. The molecule has 2 aromatic carbocycles. The van der Waals surface area contributed by atoms with E-state index in [1.807, 2.05) is 48.7 Å². The molecule has 0 unspecified atom stereocenters. The number of benzene rings is 2. The monoisotopic (exact) mass is 429 g/mol. The SMILES string of the molecule is COCCCn1c(SCC(=O)Nc2ccc(SC)cc2)nc2ccccc2c1=O. The first-order valence-corrected chi connectivity index (χ1v) is 11.4. The Labute approximate surface area is 178 Å². The summed E-state index contributed by atoms with van der Waals surface area (Å²) in [5, 5.41) is 4.00. The maximum Gasteiger partial charge on any atom is 0.262 e. The number of rotatable bonds is 9. The summed E-state index contributed by atoms with van der Waals surface area (Å²) in [6.45, 7) is 1.04. The van der Waals surface area contributed by atoms with E-state index < -0.39 is 0 Å². The van der Waals surface area contributed by atoms with Crippen LogP contribution in [0.1, 0.15) is 6.42 Å². The van der Waals surface area contributed by atoms with Gasteiger partial charge in [-0.1, -0.05) is 23.9 Å². The van der Waals surface area contributed by atoms with Crippen LogP contribution in [0.4, 0.5) is 5.69 Å². The first kappa shape index (κ1) is 21.4. The van der Waals surface area contributed by atoms with Crippen LogP contribution in [0.15, 0.2) is 63.4 Å². The number of thioether (sulfide) groups is 2. The van der Waals surface area contributed by atoms with E-state index in [1.165, 1.54) is 11.8 Å². The number of anilines is 1. The van der Waals surface area contributed by atoms with Crippen LogP contribution in [-0.2, 0) is 16.1 Å². The number of ether oxygens (including phenoxy) is 1. The van der Waals surface area contributed by atoms with E-state index in [9.17, 15) is 9.59 Å². The number of nitrogens with one attached hydrogen (secondary N) is 1. The molecule has 3 rings (SSSR count). The number of carbonyl (C=O) groups excluding carboxylic acids is 1. The number of carbonyl (C=O) groups is 1. The molecule has 0 fully saturated rings. The van der Waals surface area contributed by atoms with E-state index in [0.717, 1.165) is 10.6 Å². The van der Waals surface area contributed by atoms with Gasteiger partial charge in [-0.25, -0.2) is 4.98 Å². The third-order valence-electron chi connectivity index (χ3n) is 4.26. The lowest BCUT2D eigenvalue weighted by Crippen LogP contribution is -2.25. The van der Waals surface area contributed by atoms with E-state index in [4.69, 9.17) is 4.74 Å². The zero-order chi connectivity index (χ0) is 20.6. The second kappa shape index (κ2) is 10.5. The van der Waals surface area contributed by atoms with Crippen LogP contribution in [0, 0.1) is 0 Å². The fraction of sp³-hybridized carbons (Fsp3) is 0.286. The van der Waals surface area contributed by atoms with Gasteiger partial charge in [0.05, 0.1) is 16.7 Å². The Hall–Kier alpha value is -2.29. The normalized spacial score (nSPS) is 11.0. The van der Waals surface area contributed by atoms with Crippen molar-refractivity contribution in [1.82, 2.24) is 9.55 Å². The third kappa shape index (κ3) is 5.62. The Morgan fingerprint density at radius 3 is 2.66 bits per heavy atom. The summed E-state index contributed by atoms with van der Waals surface area (Å²) in [6, 6.07) is 15.0. The quantitative estimate of drug-likeness (QED) is 0.316. The molecule has 8 heteroatoms. The summed E-state index contributed by atoms with van der Waals surface area (Å²) >= 11 is 2.91. The molecule has 6 nitrogen and oxygen atoms in total. The highest BCUT2D eigenvalue weighted by Gasteiger charge is 2.13.